The van der Waals surface area contributed by atoms with E-state index in [9.17, 15) is 13.2 Å². The predicted octanol–water partition coefficient (Wildman–Crippen LogP) is 5.99. The number of rotatable bonds is 7. The topological polar surface area (TPSA) is 83.8 Å². The van der Waals surface area contributed by atoms with Crippen LogP contribution in [0.25, 0.3) is 5.69 Å². The highest BCUT2D eigenvalue weighted by Gasteiger charge is 2.21. The van der Waals surface area contributed by atoms with Crippen LogP contribution in [0.3, 0.4) is 0 Å². The lowest BCUT2D eigenvalue weighted by molar-refractivity contribution is 0.0955. The summed E-state index contributed by atoms with van der Waals surface area (Å²) in [7, 11) is -2.24. The smallest absolute Gasteiger partial charge is 0.271 e. The molecule has 0 aliphatic rings. The number of amides is 1. The number of sulfonamides is 1. The van der Waals surface area contributed by atoms with Gasteiger partial charge in [-0.15, -0.1) is 0 Å². The zero-order chi connectivity index (χ0) is 26.7. The van der Waals surface area contributed by atoms with Gasteiger partial charge in [-0.2, -0.15) is 5.10 Å². The fourth-order valence-electron chi connectivity index (χ4n) is 3.89. The predicted molar refractivity (Wildman–Crippen MR) is 149 cm³/mol. The van der Waals surface area contributed by atoms with Gasteiger partial charge in [0.2, 0.25) is 0 Å². The van der Waals surface area contributed by atoms with Crippen molar-refractivity contribution in [1.29, 1.82) is 0 Å². The van der Waals surface area contributed by atoms with E-state index in [1.807, 2.05) is 30.5 Å². The van der Waals surface area contributed by atoms with E-state index in [1.165, 1.54) is 23.5 Å². The summed E-state index contributed by atoms with van der Waals surface area (Å²) >= 11 is 12.4. The first-order valence-corrected chi connectivity index (χ1v) is 13.4. The molecule has 0 aliphatic heterocycles. The summed E-state index contributed by atoms with van der Waals surface area (Å²) in [6.07, 6.45) is 1.56. The van der Waals surface area contributed by atoms with Crippen molar-refractivity contribution in [3.05, 3.63) is 111 Å². The third-order valence-electron chi connectivity index (χ3n) is 5.89. The Morgan fingerprint density at radius 2 is 1.65 bits per heavy atom. The molecule has 0 radical (unpaired) electrons. The second kappa shape index (κ2) is 10.8. The molecular weight excluding hydrogens is 531 g/mol. The molecule has 3 aromatic carbocycles. The van der Waals surface area contributed by atoms with E-state index in [0.717, 1.165) is 22.6 Å². The molecule has 1 N–H and O–H groups in total. The number of carbonyl (C=O) groups excluding carboxylic acids is 1. The first-order chi connectivity index (χ1) is 17.6. The van der Waals surface area contributed by atoms with Gasteiger partial charge in [0.05, 0.1) is 27.5 Å². The van der Waals surface area contributed by atoms with Gasteiger partial charge in [0.25, 0.3) is 15.9 Å². The highest BCUT2D eigenvalue weighted by molar-refractivity contribution is 7.92. The van der Waals surface area contributed by atoms with Crippen LogP contribution in [0, 0.1) is 13.8 Å². The molecule has 0 saturated heterocycles. The quantitative estimate of drug-likeness (QED) is 0.225. The Hall–Kier alpha value is -3.59. The Kier molecular flexibility index (Phi) is 7.73. The lowest BCUT2D eigenvalue weighted by atomic mass is 10.2. The maximum absolute atomic E-state index is 12.8. The number of nitrogens with zero attached hydrogens (tertiary/aromatic N) is 3. The van der Waals surface area contributed by atoms with Crippen molar-refractivity contribution in [2.45, 2.75) is 18.7 Å². The van der Waals surface area contributed by atoms with E-state index < -0.39 is 15.9 Å². The summed E-state index contributed by atoms with van der Waals surface area (Å²) in [5.74, 6) is -0.425. The number of hydrazone groups is 1. The van der Waals surface area contributed by atoms with Crippen molar-refractivity contribution in [2.75, 3.05) is 11.4 Å². The van der Waals surface area contributed by atoms with Gasteiger partial charge in [-0.1, -0.05) is 41.4 Å². The zero-order valence-electron chi connectivity index (χ0n) is 20.3. The molecule has 37 heavy (non-hydrogen) atoms. The summed E-state index contributed by atoms with van der Waals surface area (Å²) in [6, 6.07) is 21.6. The van der Waals surface area contributed by atoms with Crippen molar-refractivity contribution in [2.24, 2.45) is 5.10 Å². The van der Waals surface area contributed by atoms with Crippen LogP contribution in [-0.2, 0) is 10.0 Å². The molecule has 0 unspecified atom stereocenters. The highest BCUT2D eigenvalue weighted by Crippen LogP contribution is 2.28. The summed E-state index contributed by atoms with van der Waals surface area (Å²) < 4.78 is 28.8. The van der Waals surface area contributed by atoms with Gasteiger partial charge < -0.3 is 4.57 Å². The van der Waals surface area contributed by atoms with Crippen molar-refractivity contribution >= 4 is 51.0 Å². The number of benzene rings is 3. The van der Waals surface area contributed by atoms with Gasteiger partial charge >= 0.3 is 0 Å². The first-order valence-electron chi connectivity index (χ1n) is 11.2. The standard InChI is InChI=1S/C27H24Cl2N4O3S/c1-18-15-21(19(2)33(18)26-14-11-22(28)16-25(26)29)17-30-31-27(34)20-9-12-23(13-10-20)32(3)37(35,36)24-7-5-4-6-8-24/h4-17H,1-3H3,(H,31,34)/b30-17+. The molecule has 0 atom stereocenters. The number of halogens is 2. The molecule has 0 spiro atoms. The molecule has 10 heteroatoms. The Bertz CT molecular complexity index is 1580. The van der Waals surface area contributed by atoms with Crippen molar-refractivity contribution in [3.8, 4) is 5.69 Å². The van der Waals surface area contributed by atoms with E-state index >= 15 is 0 Å². The first kappa shape index (κ1) is 26.5. The highest BCUT2D eigenvalue weighted by atomic mass is 35.5. The third-order valence-corrected chi connectivity index (χ3v) is 8.22. The maximum atomic E-state index is 12.8. The average Bonchev–Trinajstić information content (AvgIpc) is 3.16. The van der Waals surface area contributed by atoms with E-state index in [0.29, 0.717) is 21.3 Å². The Balaban J connectivity index is 1.46. The molecule has 0 fully saturated rings. The van der Waals surface area contributed by atoms with Crippen LogP contribution in [0.2, 0.25) is 10.0 Å². The maximum Gasteiger partial charge on any atom is 0.271 e. The Morgan fingerprint density at radius 1 is 0.973 bits per heavy atom. The van der Waals surface area contributed by atoms with Crippen LogP contribution < -0.4 is 9.73 Å². The lowest BCUT2D eigenvalue weighted by Gasteiger charge is -2.19. The number of hydrogen-bond donors (Lipinski definition) is 1. The number of aryl methyl sites for hydroxylation is 1. The second-order valence-corrected chi connectivity index (χ2v) is 11.1. The minimum atomic E-state index is -3.71. The molecule has 1 aromatic heterocycles. The number of hydrogen-bond acceptors (Lipinski definition) is 4. The molecule has 0 bridgehead atoms. The molecule has 0 aliphatic carbocycles. The Labute approximate surface area is 226 Å². The molecular formula is C27H24Cl2N4O3S. The molecule has 0 saturated carbocycles. The minimum absolute atomic E-state index is 0.186. The van der Waals surface area contributed by atoms with E-state index in [1.54, 1.807) is 60.8 Å². The van der Waals surface area contributed by atoms with Gasteiger partial charge in [-0.05, 0) is 74.5 Å². The third kappa shape index (κ3) is 5.56. The van der Waals surface area contributed by atoms with Crippen LogP contribution >= 0.6 is 23.2 Å². The zero-order valence-corrected chi connectivity index (χ0v) is 22.6. The lowest BCUT2D eigenvalue weighted by Crippen LogP contribution is -2.26. The molecule has 190 valence electrons. The fourth-order valence-corrected chi connectivity index (χ4v) is 5.60. The number of anilines is 1. The number of nitrogens with one attached hydrogen (secondary N) is 1. The minimum Gasteiger partial charge on any atom is -0.316 e. The second-order valence-electron chi connectivity index (χ2n) is 8.29. The van der Waals surface area contributed by atoms with Crippen LogP contribution in [0.5, 0.6) is 0 Å². The van der Waals surface area contributed by atoms with Crippen molar-refractivity contribution < 1.29 is 13.2 Å². The molecule has 7 nitrogen and oxygen atoms in total. The van der Waals surface area contributed by atoms with Gasteiger partial charge in [0, 0.05) is 34.6 Å². The summed E-state index contributed by atoms with van der Waals surface area (Å²) in [5, 5.41) is 5.18. The Morgan fingerprint density at radius 3 is 2.30 bits per heavy atom. The monoisotopic (exact) mass is 554 g/mol. The number of carbonyl (C=O) groups is 1. The van der Waals surface area contributed by atoms with Crippen LogP contribution in [0.4, 0.5) is 5.69 Å². The summed E-state index contributed by atoms with van der Waals surface area (Å²) in [4.78, 5) is 12.8. The van der Waals surface area contributed by atoms with Gasteiger partial charge in [0.15, 0.2) is 0 Å². The fraction of sp³-hybridized carbons (Fsp3) is 0.111. The normalized spacial score (nSPS) is 11.6. The molecule has 1 amide bonds. The van der Waals surface area contributed by atoms with Gasteiger partial charge in [-0.3, -0.25) is 9.10 Å². The molecule has 4 rings (SSSR count). The largest absolute Gasteiger partial charge is 0.316 e. The van der Waals surface area contributed by atoms with Crippen LogP contribution in [-0.4, -0.2) is 32.2 Å². The summed E-state index contributed by atoms with van der Waals surface area (Å²) in [5.41, 5.74) is 6.73. The van der Waals surface area contributed by atoms with E-state index in [4.69, 9.17) is 23.2 Å². The van der Waals surface area contributed by atoms with Crippen LogP contribution in [0.1, 0.15) is 27.3 Å². The van der Waals surface area contributed by atoms with E-state index in [-0.39, 0.29) is 4.90 Å². The van der Waals surface area contributed by atoms with Crippen LogP contribution in [0.15, 0.2) is 88.9 Å². The SMILES string of the molecule is Cc1cc(/C=N/NC(=O)c2ccc(N(C)S(=O)(=O)c3ccccc3)cc2)c(C)n1-c1ccc(Cl)cc1Cl. The van der Waals surface area contributed by atoms with Gasteiger partial charge in [-0.25, -0.2) is 13.8 Å². The average molecular weight is 555 g/mol. The summed E-state index contributed by atoms with van der Waals surface area (Å²) in [6.45, 7) is 3.88. The van der Waals surface area contributed by atoms with Gasteiger partial charge in [0.1, 0.15) is 0 Å². The van der Waals surface area contributed by atoms with Crippen molar-refractivity contribution in [1.82, 2.24) is 9.99 Å². The molecule has 4 aromatic rings. The van der Waals surface area contributed by atoms with Crippen molar-refractivity contribution in [3.63, 3.8) is 0 Å². The number of aromatic nitrogens is 1. The molecule has 1 heterocycles. The van der Waals surface area contributed by atoms with E-state index in [2.05, 4.69) is 10.5 Å².